The third kappa shape index (κ3) is 7.18. The molecule has 1 amide bonds. The van der Waals surface area contributed by atoms with Gasteiger partial charge in [0.25, 0.3) is 0 Å². The molecular formula is C16H20N4O6S3. The third-order valence-corrected chi connectivity index (χ3v) is 6.40. The first-order valence-electron chi connectivity index (χ1n) is 8.26. The van der Waals surface area contributed by atoms with E-state index in [4.69, 9.17) is 4.74 Å². The molecule has 1 aromatic carbocycles. The number of amides is 1. The van der Waals surface area contributed by atoms with Crippen LogP contribution in [0.25, 0.3) is 0 Å². The second-order valence-electron chi connectivity index (χ2n) is 5.48. The van der Waals surface area contributed by atoms with E-state index in [2.05, 4.69) is 20.3 Å². The zero-order chi connectivity index (χ0) is 21.4. The molecule has 1 N–H and O–H groups in total. The number of thioether (sulfide) groups is 1. The van der Waals surface area contributed by atoms with E-state index in [1.807, 2.05) is 6.92 Å². The number of hydrogen-bond acceptors (Lipinski definition) is 10. The largest absolute Gasteiger partial charge is 0.494 e. The van der Waals surface area contributed by atoms with Gasteiger partial charge in [0.1, 0.15) is 12.3 Å². The number of nitrogens with zero attached hydrogens (tertiary/aromatic N) is 3. The number of esters is 1. The van der Waals surface area contributed by atoms with Crippen molar-refractivity contribution in [2.45, 2.75) is 11.3 Å². The van der Waals surface area contributed by atoms with Gasteiger partial charge in [0.05, 0.1) is 31.4 Å². The topological polar surface area (TPSA) is 128 Å². The second-order valence-corrected chi connectivity index (χ2v) is 9.59. The molecule has 0 bridgehead atoms. The van der Waals surface area contributed by atoms with Crippen LogP contribution in [0.2, 0.25) is 0 Å². The Bertz CT molecular complexity index is 946. The molecule has 0 saturated carbocycles. The lowest BCUT2D eigenvalue weighted by atomic mass is 10.3. The number of carbonyl (C=O) groups is 2. The van der Waals surface area contributed by atoms with Gasteiger partial charge in [-0.05, 0) is 31.2 Å². The minimum atomic E-state index is -3.70. The zero-order valence-electron chi connectivity index (χ0n) is 15.9. The van der Waals surface area contributed by atoms with Crippen LogP contribution in [0.1, 0.15) is 6.92 Å². The monoisotopic (exact) mass is 460 g/mol. The van der Waals surface area contributed by atoms with E-state index < -0.39 is 28.4 Å². The molecule has 0 aliphatic rings. The number of ether oxygens (including phenoxy) is 2. The number of aromatic nitrogens is 2. The maximum atomic E-state index is 12.4. The van der Waals surface area contributed by atoms with Crippen molar-refractivity contribution < 1.29 is 27.5 Å². The number of rotatable bonds is 10. The first-order valence-corrected chi connectivity index (χ1v) is 11.9. The Balaban J connectivity index is 2.03. The Morgan fingerprint density at radius 3 is 2.52 bits per heavy atom. The molecule has 1 aromatic heterocycles. The lowest BCUT2D eigenvalue weighted by Gasteiger charge is -2.21. The zero-order valence-corrected chi connectivity index (χ0v) is 18.4. The Labute approximate surface area is 176 Å². The molecule has 2 rings (SSSR count). The molecule has 0 aliphatic heterocycles. The molecule has 0 spiro atoms. The predicted octanol–water partition coefficient (Wildman–Crippen LogP) is 1.61. The van der Waals surface area contributed by atoms with Crippen LogP contribution in [0.4, 0.5) is 10.8 Å². The van der Waals surface area contributed by atoms with Crippen LogP contribution in [0, 0.1) is 0 Å². The Morgan fingerprint density at radius 1 is 1.24 bits per heavy atom. The molecule has 13 heteroatoms. The molecule has 0 radical (unpaired) electrons. The van der Waals surface area contributed by atoms with Gasteiger partial charge < -0.3 is 9.47 Å². The Kier molecular flexibility index (Phi) is 8.22. The van der Waals surface area contributed by atoms with Crippen molar-refractivity contribution in [3.8, 4) is 5.75 Å². The minimum absolute atomic E-state index is 0.0681. The van der Waals surface area contributed by atoms with Gasteiger partial charge in [0, 0.05) is 0 Å². The highest BCUT2D eigenvalue weighted by molar-refractivity contribution is 8.01. The van der Waals surface area contributed by atoms with Gasteiger partial charge in [0.2, 0.25) is 21.1 Å². The summed E-state index contributed by atoms with van der Waals surface area (Å²) in [6, 6.07) is 6.38. The molecule has 0 aliphatic carbocycles. The third-order valence-electron chi connectivity index (χ3n) is 3.32. The minimum Gasteiger partial charge on any atom is -0.494 e. The molecule has 10 nitrogen and oxygen atoms in total. The second kappa shape index (κ2) is 10.4. The standard InChI is InChI=1S/C16H20N4O6S3/c1-4-26-12-7-5-11(6-8-12)20(29(3,23)24)9-13(21)17-15-18-19-16(28-15)27-10-14(22)25-2/h5-8H,4,9-10H2,1-3H3,(H,17,18,21). The summed E-state index contributed by atoms with van der Waals surface area (Å²) in [5, 5.41) is 10.4. The van der Waals surface area contributed by atoms with Crippen LogP contribution >= 0.6 is 23.1 Å². The van der Waals surface area contributed by atoms with Crippen molar-refractivity contribution in [3.05, 3.63) is 24.3 Å². The van der Waals surface area contributed by atoms with E-state index in [-0.39, 0.29) is 10.9 Å². The van der Waals surface area contributed by atoms with Crippen molar-refractivity contribution in [1.29, 1.82) is 0 Å². The average molecular weight is 461 g/mol. The van der Waals surface area contributed by atoms with Crippen molar-refractivity contribution >= 4 is 55.8 Å². The Hall–Kier alpha value is -2.38. The number of nitrogens with one attached hydrogen (secondary N) is 1. The average Bonchev–Trinajstić information content (AvgIpc) is 3.11. The molecule has 0 saturated heterocycles. The van der Waals surface area contributed by atoms with Crippen LogP contribution < -0.4 is 14.4 Å². The van der Waals surface area contributed by atoms with Crippen LogP contribution in [0.15, 0.2) is 28.6 Å². The van der Waals surface area contributed by atoms with Crippen molar-refractivity contribution in [3.63, 3.8) is 0 Å². The summed E-state index contributed by atoms with van der Waals surface area (Å²) in [7, 11) is -2.42. The first kappa shape index (κ1) is 22.9. The molecular weight excluding hydrogens is 440 g/mol. The van der Waals surface area contributed by atoms with Gasteiger partial charge >= 0.3 is 5.97 Å². The van der Waals surface area contributed by atoms with Crippen LogP contribution in [-0.2, 0) is 24.3 Å². The maximum Gasteiger partial charge on any atom is 0.316 e. The molecule has 0 unspecified atom stereocenters. The summed E-state index contributed by atoms with van der Waals surface area (Å²) in [4.78, 5) is 23.5. The van der Waals surface area contributed by atoms with Gasteiger partial charge in [-0.1, -0.05) is 23.1 Å². The fourth-order valence-corrected chi connectivity index (χ4v) is 4.52. The number of benzene rings is 1. The highest BCUT2D eigenvalue weighted by Crippen LogP contribution is 2.26. The Morgan fingerprint density at radius 2 is 1.93 bits per heavy atom. The number of sulfonamides is 1. The summed E-state index contributed by atoms with van der Waals surface area (Å²) < 4.78 is 35.6. The van der Waals surface area contributed by atoms with E-state index in [1.54, 1.807) is 24.3 Å². The summed E-state index contributed by atoms with van der Waals surface area (Å²) in [5.74, 6) is -0.321. The lowest BCUT2D eigenvalue weighted by molar-refractivity contribution is -0.137. The number of methoxy groups -OCH3 is 1. The SMILES string of the molecule is CCOc1ccc(N(CC(=O)Nc2nnc(SCC(=O)OC)s2)S(C)(=O)=O)cc1. The van der Waals surface area contributed by atoms with Gasteiger partial charge in [0.15, 0.2) is 4.34 Å². The van der Waals surface area contributed by atoms with Crippen LogP contribution in [0.3, 0.4) is 0 Å². The lowest BCUT2D eigenvalue weighted by Crippen LogP contribution is -2.37. The van der Waals surface area contributed by atoms with Crippen molar-refractivity contribution in [2.24, 2.45) is 0 Å². The van der Waals surface area contributed by atoms with E-state index in [0.29, 0.717) is 22.4 Å². The molecule has 0 atom stereocenters. The summed E-state index contributed by atoms with van der Waals surface area (Å²) >= 11 is 2.19. The smallest absolute Gasteiger partial charge is 0.316 e. The molecule has 158 valence electrons. The van der Waals surface area contributed by atoms with Gasteiger partial charge in [-0.2, -0.15) is 0 Å². The maximum absolute atomic E-state index is 12.4. The fourth-order valence-electron chi connectivity index (χ4n) is 2.06. The highest BCUT2D eigenvalue weighted by Gasteiger charge is 2.22. The first-order chi connectivity index (χ1) is 13.7. The molecule has 2 aromatic rings. The van der Waals surface area contributed by atoms with E-state index in [1.165, 1.54) is 7.11 Å². The molecule has 29 heavy (non-hydrogen) atoms. The summed E-state index contributed by atoms with van der Waals surface area (Å²) in [6.45, 7) is 1.89. The molecule has 0 fully saturated rings. The normalized spacial score (nSPS) is 11.0. The van der Waals surface area contributed by atoms with E-state index in [9.17, 15) is 18.0 Å². The van der Waals surface area contributed by atoms with Crippen molar-refractivity contribution in [2.75, 3.05) is 41.9 Å². The number of anilines is 2. The van der Waals surface area contributed by atoms with Crippen LogP contribution in [0.5, 0.6) is 5.75 Å². The fraction of sp³-hybridized carbons (Fsp3) is 0.375. The summed E-state index contributed by atoms with van der Waals surface area (Å²) in [5.41, 5.74) is 0.331. The number of hydrogen-bond donors (Lipinski definition) is 1. The molecule has 1 heterocycles. The van der Waals surface area contributed by atoms with E-state index in [0.717, 1.165) is 33.7 Å². The van der Waals surface area contributed by atoms with Crippen LogP contribution in [-0.4, -0.2) is 62.8 Å². The highest BCUT2D eigenvalue weighted by atomic mass is 32.2. The van der Waals surface area contributed by atoms with Gasteiger partial charge in [-0.3, -0.25) is 19.2 Å². The van der Waals surface area contributed by atoms with E-state index >= 15 is 0 Å². The van der Waals surface area contributed by atoms with Crippen molar-refractivity contribution in [1.82, 2.24) is 10.2 Å². The predicted molar refractivity (Wildman–Crippen MR) is 111 cm³/mol. The van der Waals surface area contributed by atoms with Gasteiger partial charge in [-0.15, -0.1) is 10.2 Å². The quantitative estimate of drug-likeness (QED) is 0.319. The van der Waals surface area contributed by atoms with Gasteiger partial charge in [-0.25, -0.2) is 8.42 Å². The number of carbonyl (C=O) groups excluding carboxylic acids is 2. The summed E-state index contributed by atoms with van der Waals surface area (Å²) in [6.07, 6.45) is 1.02.